The van der Waals surface area contributed by atoms with E-state index in [9.17, 15) is 9.59 Å². The second-order valence-corrected chi connectivity index (χ2v) is 7.81. The molecule has 0 saturated carbocycles. The maximum absolute atomic E-state index is 12.8. The van der Waals surface area contributed by atoms with Crippen LogP contribution in [-0.2, 0) is 0 Å². The highest BCUT2D eigenvalue weighted by Gasteiger charge is 2.26. The number of carbonyl (C=O) groups is 2. The van der Waals surface area contributed by atoms with Gasteiger partial charge in [-0.2, -0.15) is 0 Å². The van der Waals surface area contributed by atoms with Crippen LogP contribution in [0.15, 0.2) is 54.7 Å². The minimum absolute atomic E-state index is 0.000985. The fourth-order valence-electron chi connectivity index (χ4n) is 3.48. The van der Waals surface area contributed by atoms with E-state index < -0.39 is 0 Å². The van der Waals surface area contributed by atoms with Gasteiger partial charge < -0.3 is 10.2 Å². The zero-order chi connectivity index (χ0) is 21.1. The number of nitrogens with one attached hydrogen (secondary N) is 1. The number of rotatable bonds is 4. The average Bonchev–Trinajstić information content (AvgIpc) is 3.25. The number of benzene rings is 2. The SMILES string of the molecule is Cc1ccc(-n2cc(C(=O)N3CCC(NC(=O)c4ccccc4Cl)CC3)nn2)cc1. The van der Waals surface area contributed by atoms with Crippen molar-refractivity contribution in [3.05, 3.63) is 76.6 Å². The Hall–Kier alpha value is -3.19. The standard InChI is InChI=1S/C22H22ClN5O2/c1-15-6-8-17(9-7-15)28-14-20(25-26-28)22(30)27-12-10-16(11-13-27)24-21(29)18-4-2-3-5-19(18)23/h2-9,14,16H,10-13H2,1H3,(H,24,29). The molecule has 154 valence electrons. The molecule has 4 rings (SSSR count). The van der Waals surface area contributed by atoms with E-state index in [0.717, 1.165) is 11.3 Å². The molecule has 3 aromatic rings. The van der Waals surface area contributed by atoms with Crippen LogP contribution in [0.25, 0.3) is 5.69 Å². The zero-order valence-electron chi connectivity index (χ0n) is 16.6. The van der Waals surface area contributed by atoms with Crippen LogP contribution in [0.2, 0.25) is 5.02 Å². The lowest BCUT2D eigenvalue weighted by Crippen LogP contribution is -2.46. The second-order valence-electron chi connectivity index (χ2n) is 7.40. The molecule has 1 fully saturated rings. The van der Waals surface area contributed by atoms with Crippen LogP contribution in [0.5, 0.6) is 0 Å². The molecule has 0 bridgehead atoms. The maximum atomic E-state index is 12.8. The fraction of sp³-hybridized carbons (Fsp3) is 0.273. The highest BCUT2D eigenvalue weighted by molar-refractivity contribution is 6.33. The Bertz CT molecular complexity index is 1060. The normalized spacial score (nSPS) is 14.5. The van der Waals surface area contributed by atoms with Gasteiger partial charge in [-0.25, -0.2) is 4.68 Å². The molecule has 0 spiro atoms. The summed E-state index contributed by atoms with van der Waals surface area (Å²) in [4.78, 5) is 27.0. The molecule has 1 aliphatic heterocycles. The molecule has 1 saturated heterocycles. The molecule has 1 aliphatic rings. The van der Waals surface area contributed by atoms with Gasteiger partial charge in [0.2, 0.25) is 0 Å². The molecule has 2 aromatic carbocycles. The maximum Gasteiger partial charge on any atom is 0.276 e. The molecule has 7 nitrogen and oxygen atoms in total. The lowest BCUT2D eigenvalue weighted by Gasteiger charge is -2.32. The van der Waals surface area contributed by atoms with Crippen LogP contribution in [0, 0.1) is 6.92 Å². The van der Waals surface area contributed by atoms with E-state index in [1.54, 1.807) is 40.0 Å². The predicted octanol–water partition coefficient (Wildman–Crippen LogP) is 3.26. The Morgan fingerprint density at radius 2 is 1.77 bits per heavy atom. The van der Waals surface area contributed by atoms with E-state index in [0.29, 0.717) is 42.2 Å². The smallest absolute Gasteiger partial charge is 0.276 e. The van der Waals surface area contributed by atoms with Gasteiger partial charge in [0.1, 0.15) is 0 Å². The number of hydrogen-bond donors (Lipinski definition) is 1. The van der Waals surface area contributed by atoms with Crippen LogP contribution in [0.4, 0.5) is 0 Å². The number of nitrogens with zero attached hydrogens (tertiary/aromatic N) is 4. The van der Waals surface area contributed by atoms with Crippen LogP contribution >= 0.6 is 11.6 Å². The molecule has 8 heteroatoms. The molecule has 0 unspecified atom stereocenters. The summed E-state index contributed by atoms with van der Waals surface area (Å²) in [6, 6.07) is 14.8. The Kier molecular flexibility index (Phi) is 5.81. The summed E-state index contributed by atoms with van der Waals surface area (Å²) in [5, 5.41) is 11.6. The predicted molar refractivity (Wildman–Crippen MR) is 114 cm³/mol. The average molecular weight is 424 g/mol. The van der Waals surface area contributed by atoms with Gasteiger partial charge in [-0.05, 0) is 44.0 Å². The molecule has 1 N–H and O–H groups in total. The minimum Gasteiger partial charge on any atom is -0.349 e. The molecular formula is C22H22ClN5O2. The van der Waals surface area contributed by atoms with Gasteiger partial charge in [0.15, 0.2) is 5.69 Å². The summed E-state index contributed by atoms with van der Waals surface area (Å²) in [5.74, 6) is -0.337. The summed E-state index contributed by atoms with van der Waals surface area (Å²) in [5.41, 5.74) is 2.78. The van der Waals surface area contributed by atoms with Crippen LogP contribution in [0.1, 0.15) is 39.3 Å². The molecule has 30 heavy (non-hydrogen) atoms. The van der Waals surface area contributed by atoms with Crippen molar-refractivity contribution < 1.29 is 9.59 Å². The third-order valence-corrected chi connectivity index (χ3v) is 5.58. The number of likely N-dealkylation sites (tertiary alicyclic amines) is 1. The number of amides is 2. The summed E-state index contributed by atoms with van der Waals surface area (Å²) < 4.78 is 1.60. The Balaban J connectivity index is 1.34. The third kappa shape index (κ3) is 4.36. The van der Waals surface area contributed by atoms with Crippen molar-refractivity contribution in [1.82, 2.24) is 25.2 Å². The second kappa shape index (κ2) is 8.67. The Morgan fingerprint density at radius 1 is 1.07 bits per heavy atom. The van der Waals surface area contributed by atoms with Crippen molar-refractivity contribution in [3.8, 4) is 5.69 Å². The highest BCUT2D eigenvalue weighted by Crippen LogP contribution is 2.18. The van der Waals surface area contributed by atoms with Gasteiger partial charge in [-0.1, -0.05) is 46.6 Å². The molecule has 2 heterocycles. The first-order chi connectivity index (χ1) is 14.5. The van der Waals surface area contributed by atoms with Crippen LogP contribution < -0.4 is 5.32 Å². The van der Waals surface area contributed by atoms with Gasteiger partial charge in [-0.3, -0.25) is 9.59 Å². The first-order valence-corrected chi connectivity index (χ1v) is 10.2. The van der Waals surface area contributed by atoms with E-state index in [1.807, 2.05) is 31.2 Å². The Labute approximate surface area is 179 Å². The number of piperidine rings is 1. The van der Waals surface area contributed by atoms with Gasteiger partial charge in [0.25, 0.3) is 11.8 Å². The minimum atomic E-state index is -0.189. The quantitative estimate of drug-likeness (QED) is 0.698. The van der Waals surface area contributed by atoms with Crippen molar-refractivity contribution in [3.63, 3.8) is 0 Å². The molecule has 2 amide bonds. The van der Waals surface area contributed by atoms with E-state index in [4.69, 9.17) is 11.6 Å². The van der Waals surface area contributed by atoms with E-state index in [-0.39, 0.29) is 17.9 Å². The number of aryl methyl sites for hydroxylation is 1. The third-order valence-electron chi connectivity index (χ3n) is 5.25. The topological polar surface area (TPSA) is 80.1 Å². The molecular weight excluding hydrogens is 402 g/mol. The zero-order valence-corrected chi connectivity index (χ0v) is 17.3. The number of halogens is 1. The van der Waals surface area contributed by atoms with Gasteiger partial charge >= 0.3 is 0 Å². The first kappa shape index (κ1) is 20.1. The monoisotopic (exact) mass is 423 g/mol. The fourth-order valence-corrected chi connectivity index (χ4v) is 3.70. The van der Waals surface area contributed by atoms with Crippen molar-refractivity contribution in [2.24, 2.45) is 0 Å². The summed E-state index contributed by atoms with van der Waals surface area (Å²) in [6.45, 7) is 3.11. The van der Waals surface area contributed by atoms with Gasteiger partial charge in [-0.15, -0.1) is 5.10 Å². The lowest BCUT2D eigenvalue weighted by molar-refractivity contribution is 0.0692. The summed E-state index contributed by atoms with van der Waals surface area (Å²) >= 11 is 6.09. The van der Waals surface area contributed by atoms with Gasteiger partial charge in [0.05, 0.1) is 22.5 Å². The molecule has 0 radical (unpaired) electrons. The van der Waals surface area contributed by atoms with Crippen molar-refractivity contribution >= 4 is 23.4 Å². The van der Waals surface area contributed by atoms with Crippen molar-refractivity contribution in [2.45, 2.75) is 25.8 Å². The largest absolute Gasteiger partial charge is 0.349 e. The van der Waals surface area contributed by atoms with E-state index >= 15 is 0 Å². The van der Waals surface area contributed by atoms with Gasteiger partial charge in [0, 0.05) is 19.1 Å². The lowest BCUT2D eigenvalue weighted by atomic mass is 10.0. The van der Waals surface area contributed by atoms with Crippen molar-refractivity contribution in [1.29, 1.82) is 0 Å². The molecule has 0 atom stereocenters. The number of aromatic nitrogens is 3. The van der Waals surface area contributed by atoms with E-state index in [1.165, 1.54) is 0 Å². The molecule has 0 aliphatic carbocycles. The number of carbonyl (C=O) groups excluding carboxylic acids is 2. The van der Waals surface area contributed by atoms with Crippen LogP contribution in [-0.4, -0.2) is 50.8 Å². The highest BCUT2D eigenvalue weighted by atomic mass is 35.5. The first-order valence-electron chi connectivity index (χ1n) is 9.85. The Morgan fingerprint density at radius 3 is 2.47 bits per heavy atom. The van der Waals surface area contributed by atoms with E-state index in [2.05, 4.69) is 15.6 Å². The van der Waals surface area contributed by atoms with Crippen molar-refractivity contribution in [2.75, 3.05) is 13.1 Å². The summed E-state index contributed by atoms with van der Waals surface area (Å²) in [6.07, 6.45) is 3.00. The number of hydrogen-bond acceptors (Lipinski definition) is 4. The van der Waals surface area contributed by atoms with Crippen LogP contribution in [0.3, 0.4) is 0 Å². The molecule has 1 aromatic heterocycles. The summed E-state index contributed by atoms with van der Waals surface area (Å²) in [7, 11) is 0.